The molecular formula is C24H33N3O3S. The first-order valence-electron chi connectivity index (χ1n) is 11.1. The number of urea groups is 1. The average molecular weight is 444 g/mol. The lowest BCUT2D eigenvalue weighted by Gasteiger charge is -2.37. The van der Waals surface area contributed by atoms with E-state index in [2.05, 4.69) is 16.8 Å². The molecule has 0 spiro atoms. The van der Waals surface area contributed by atoms with Crippen molar-refractivity contribution in [2.75, 3.05) is 32.8 Å². The van der Waals surface area contributed by atoms with Crippen LogP contribution in [0.4, 0.5) is 4.79 Å². The Bertz CT molecular complexity index is 865. The quantitative estimate of drug-likeness (QED) is 0.625. The second-order valence-corrected chi connectivity index (χ2v) is 8.93. The second kappa shape index (κ2) is 11.2. The third kappa shape index (κ3) is 6.00. The van der Waals surface area contributed by atoms with Crippen LogP contribution in [0.25, 0.3) is 0 Å². The van der Waals surface area contributed by atoms with Crippen molar-refractivity contribution < 1.29 is 14.3 Å². The van der Waals surface area contributed by atoms with Gasteiger partial charge in [-0.05, 0) is 55.3 Å². The van der Waals surface area contributed by atoms with E-state index in [4.69, 9.17) is 4.74 Å². The first-order chi connectivity index (χ1) is 15.0. The van der Waals surface area contributed by atoms with Gasteiger partial charge in [0.2, 0.25) is 5.91 Å². The summed E-state index contributed by atoms with van der Waals surface area (Å²) >= 11 is 1.73. The number of rotatable bonds is 9. The third-order valence-corrected chi connectivity index (χ3v) is 6.47. The second-order valence-electron chi connectivity index (χ2n) is 7.93. The molecule has 1 aromatic carbocycles. The fourth-order valence-corrected chi connectivity index (χ4v) is 4.73. The number of ether oxygens (including phenoxy) is 1. The zero-order valence-corrected chi connectivity index (χ0v) is 19.5. The first kappa shape index (κ1) is 23.1. The third-order valence-electron chi connectivity index (χ3n) is 5.48. The molecule has 0 radical (unpaired) electrons. The summed E-state index contributed by atoms with van der Waals surface area (Å²) in [6, 6.07) is 9.74. The zero-order valence-electron chi connectivity index (χ0n) is 18.7. The van der Waals surface area contributed by atoms with E-state index in [1.54, 1.807) is 16.2 Å². The highest BCUT2D eigenvalue weighted by Crippen LogP contribution is 2.34. The number of benzene rings is 1. The number of nitrogens with zero attached hydrogens (tertiary/aromatic N) is 2. The van der Waals surface area contributed by atoms with Crippen molar-refractivity contribution >= 4 is 23.3 Å². The number of nitrogens with one attached hydrogen (secondary N) is 1. The molecule has 3 rings (SSSR count). The monoisotopic (exact) mass is 443 g/mol. The molecule has 2 heterocycles. The molecule has 0 aliphatic carbocycles. The number of aryl methyl sites for hydroxylation is 1. The Kier molecular flexibility index (Phi) is 8.35. The van der Waals surface area contributed by atoms with Crippen LogP contribution in [0.15, 0.2) is 35.7 Å². The normalized spacial score (nSPS) is 15.3. The molecule has 6 nitrogen and oxygen atoms in total. The van der Waals surface area contributed by atoms with Gasteiger partial charge in [0.1, 0.15) is 18.9 Å². The summed E-state index contributed by atoms with van der Waals surface area (Å²) in [5.74, 6) is 0.765. The Morgan fingerprint density at radius 2 is 1.97 bits per heavy atom. The van der Waals surface area contributed by atoms with Gasteiger partial charge < -0.3 is 19.9 Å². The molecule has 0 saturated carbocycles. The van der Waals surface area contributed by atoms with Crippen molar-refractivity contribution in [2.24, 2.45) is 0 Å². The van der Waals surface area contributed by atoms with E-state index < -0.39 is 0 Å². The summed E-state index contributed by atoms with van der Waals surface area (Å²) in [7, 11) is 0. The van der Waals surface area contributed by atoms with E-state index in [1.807, 2.05) is 49.9 Å². The molecule has 0 unspecified atom stereocenters. The van der Waals surface area contributed by atoms with Crippen LogP contribution in [0.2, 0.25) is 0 Å². The number of carbonyl (C=O) groups is 2. The van der Waals surface area contributed by atoms with Gasteiger partial charge in [-0.25, -0.2) is 4.79 Å². The molecule has 2 aromatic rings. The largest absolute Gasteiger partial charge is 0.491 e. The van der Waals surface area contributed by atoms with E-state index in [-0.39, 0.29) is 24.5 Å². The lowest BCUT2D eigenvalue weighted by molar-refractivity contribution is -0.135. The van der Waals surface area contributed by atoms with Crippen LogP contribution in [0.5, 0.6) is 5.75 Å². The van der Waals surface area contributed by atoms with Crippen LogP contribution in [-0.4, -0.2) is 54.5 Å². The van der Waals surface area contributed by atoms with Gasteiger partial charge in [0, 0.05) is 24.5 Å². The minimum absolute atomic E-state index is 0.0329. The van der Waals surface area contributed by atoms with Gasteiger partial charge in [-0.1, -0.05) is 31.5 Å². The molecule has 31 heavy (non-hydrogen) atoms. The maximum absolute atomic E-state index is 13.3. The Morgan fingerprint density at radius 1 is 1.19 bits per heavy atom. The number of carbonyl (C=O) groups excluding carboxylic acids is 2. The highest BCUT2D eigenvalue weighted by Gasteiger charge is 2.33. The smallest absolute Gasteiger partial charge is 0.317 e. The molecule has 1 N–H and O–H groups in total. The Morgan fingerprint density at radius 3 is 2.68 bits per heavy atom. The van der Waals surface area contributed by atoms with Crippen molar-refractivity contribution in [2.45, 2.75) is 46.1 Å². The van der Waals surface area contributed by atoms with Crippen LogP contribution < -0.4 is 10.1 Å². The maximum atomic E-state index is 13.3. The van der Waals surface area contributed by atoms with Crippen LogP contribution in [0.3, 0.4) is 0 Å². The molecule has 1 atom stereocenters. The number of hydrogen-bond donors (Lipinski definition) is 1. The standard InChI is InChI=1S/C24H33N3O3S/c1-4-12-25-24(29)26(13-5-2)16-23(28)27-14-10-22-20(11-15-31-22)21(27)17-30-19-8-6-18(3)7-9-19/h6-9,11,15,21H,4-5,10,12-14,16-17H2,1-3H3,(H,25,29)/t21-/m1/s1. The molecule has 1 aliphatic heterocycles. The average Bonchev–Trinajstić information content (AvgIpc) is 3.25. The van der Waals surface area contributed by atoms with Gasteiger partial charge in [-0.3, -0.25) is 4.79 Å². The van der Waals surface area contributed by atoms with E-state index >= 15 is 0 Å². The highest BCUT2D eigenvalue weighted by molar-refractivity contribution is 7.10. The summed E-state index contributed by atoms with van der Waals surface area (Å²) in [6.07, 6.45) is 2.52. The van der Waals surface area contributed by atoms with Crippen molar-refractivity contribution in [3.8, 4) is 5.75 Å². The molecule has 1 aromatic heterocycles. The van der Waals surface area contributed by atoms with Crippen LogP contribution in [0.1, 0.15) is 48.7 Å². The summed E-state index contributed by atoms with van der Waals surface area (Å²) in [4.78, 5) is 30.6. The summed E-state index contributed by atoms with van der Waals surface area (Å²) in [5, 5.41) is 4.98. The lowest BCUT2D eigenvalue weighted by atomic mass is 10.0. The Labute approximate surface area is 189 Å². The Hall–Kier alpha value is -2.54. The van der Waals surface area contributed by atoms with Crippen molar-refractivity contribution in [3.63, 3.8) is 0 Å². The fraction of sp³-hybridized carbons (Fsp3) is 0.500. The fourth-order valence-electron chi connectivity index (χ4n) is 3.80. The molecule has 0 bridgehead atoms. The maximum Gasteiger partial charge on any atom is 0.317 e. The van der Waals surface area contributed by atoms with Gasteiger partial charge in [0.05, 0.1) is 6.04 Å². The van der Waals surface area contributed by atoms with E-state index in [0.717, 1.165) is 30.6 Å². The molecule has 1 aliphatic rings. The topological polar surface area (TPSA) is 61.9 Å². The molecule has 7 heteroatoms. The van der Waals surface area contributed by atoms with Gasteiger partial charge in [-0.2, -0.15) is 0 Å². The summed E-state index contributed by atoms with van der Waals surface area (Å²) in [6.45, 7) is 8.37. The predicted octanol–water partition coefficient (Wildman–Crippen LogP) is 4.39. The number of hydrogen-bond acceptors (Lipinski definition) is 4. The van der Waals surface area contributed by atoms with Crippen molar-refractivity contribution in [3.05, 3.63) is 51.7 Å². The molecule has 0 fully saturated rings. The van der Waals surface area contributed by atoms with Gasteiger partial charge in [0.25, 0.3) is 0 Å². The minimum Gasteiger partial charge on any atom is -0.491 e. The van der Waals surface area contributed by atoms with E-state index in [1.165, 1.54) is 10.4 Å². The van der Waals surface area contributed by atoms with Gasteiger partial charge in [-0.15, -0.1) is 11.3 Å². The Balaban J connectivity index is 1.72. The zero-order chi connectivity index (χ0) is 22.2. The van der Waals surface area contributed by atoms with Gasteiger partial charge >= 0.3 is 6.03 Å². The number of amides is 3. The van der Waals surface area contributed by atoms with Crippen molar-refractivity contribution in [1.29, 1.82) is 0 Å². The lowest BCUT2D eigenvalue weighted by Crippen LogP contribution is -2.50. The van der Waals surface area contributed by atoms with Crippen LogP contribution >= 0.6 is 11.3 Å². The van der Waals surface area contributed by atoms with Crippen LogP contribution in [-0.2, 0) is 11.2 Å². The summed E-state index contributed by atoms with van der Waals surface area (Å²) in [5.41, 5.74) is 2.34. The van der Waals surface area contributed by atoms with E-state index in [9.17, 15) is 9.59 Å². The predicted molar refractivity (Wildman–Crippen MR) is 125 cm³/mol. The number of fused-ring (bicyclic) bond motifs is 1. The molecular weight excluding hydrogens is 410 g/mol. The summed E-state index contributed by atoms with van der Waals surface area (Å²) < 4.78 is 6.08. The SMILES string of the molecule is CCCNC(=O)N(CCC)CC(=O)N1CCc2sccc2[C@H]1COc1ccc(C)cc1. The molecule has 3 amide bonds. The number of thiophene rings is 1. The van der Waals surface area contributed by atoms with Crippen molar-refractivity contribution in [1.82, 2.24) is 15.1 Å². The first-order valence-corrected chi connectivity index (χ1v) is 12.0. The minimum atomic E-state index is -0.169. The van der Waals surface area contributed by atoms with Crippen LogP contribution in [0, 0.1) is 6.92 Å². The van der Waals surface area contributed by atoms with Gasteiger partial charge in [0.15, 0.2) is 0 Å². The molecule has 168 valence electrons. The molecule has 0 saturated heterocycles. The van der Waals surface area contributed by atoms with E-state index in [0.29, 0.717) is 26.2 Å². The highest BCUT2D eigenvalue weighted by atomic mass is 32.1.